The summed E-state index contributed by atoms with van der Waals surface area (Å²) in [6.07, 6.45) is 1.94. The number of carbonyl (C=O) groups excluding carboxylic acids is 1. The Kier molecular flexibility index (Phi) is 1.84. The zero-order valence-corrected chi connectivity index (χ0v) is 8.39. The zero-order chi connectivity index (χ0) is 7.14. The van der Waals surface area contributed by atoms with E-state index in [0.717, 1.165) is 22.6 Å². The van der Waals surface area contributed by atoms with Crippen molar-refractivity contribution in [1.82, 2.24) is 4.90 Å². The summed E-state index contributed by atoms with van der Waals surface area (Å²) in [6.45, 7) is 0.990. The first kappa shape index (κ1) is 7.21. The summed E-state index contributed by atoms with van der Waals surface area (Å²) in [5.74, 6) is 0.348. The van der Waals surface area contributed by atoms with Crippen LogP contribution in [-0.2, 0) is 4.79 Å². The second kappa shape index (κ2) is 2.55. The molecule has 0 aromatic carbocycles. The molecule has 2 aliphatic heterocycles. The first-order chi connectivity index (χ1) is 4.77. The molecule has 2 atom stereocenters. The lowest BCUT2D eigenvalue weighted by Crippen LogP contribution is -2.54. The fraction of sp³-hybridized carbons (Fsp3) is 0.833. The molecule has 0 aromatic rings. The van der Waals surface area contributed by atoms with Crippen molar-refractivity contribution >= 4 is 40.3 Å². The van der Waals surface area contributed by atoms with Crippen molar-refractivity contribution in [1.29, 1.82) is 0 Å². The van der Waals surface area contributed by atoms with E-state index >= 15 is 0 Å². The summed E-state index contributed by atoms with van der Waals surface area (Å²) in [4.78, 5) is 12.9. The number of nitrogens with zero attached hydrogens (tertiary/aromatic N) is 1. The van der Waals surface area contributed by atoms with Crippen LogP contribution in [0.3, 0.4) is 0 Å². The Morgan fingerprint density at radius 2 is 2.50 bits per heavy atom. The van der Waals surface area contributed by atoms with Crippen molar-refractivity contribution in [2.45, 2.75) is 21.5 Å². The molecule has 0 saturated carbocycles. The Balaban J connectivity index is 1.99. The highest BCUT2D eigenvalue weighted by atomic mass is 127. The highest BCUT2D eigenvalue weighted by Crippen LogP contribution is 2.40. The molecule has 10 heavy (non-hydrogen) atoms. The number of fused-ring (bicyclic) bond motifs is 1. The predicted molar refractivity (Wildman–Crippen MR) is 50.1 cm³/mol. The molecule has 2 fully saturated rings. The summed E-state index contributed by atoms with van der Waals surface area (Å²) in [5, 5.41) is 0.531. The second-order valence-corrected chi connectivity index (χ2v) is 6.31. The number of hydrogen-bond acceptors (Lipinski definition) is 2. The molecular formula is C6H8INOS. The Morgan fingerprint density at radius 1 is 1.70 bits per heavy atom. The number of amides is 1. The van der Waals surface area contributed by atoms with E-state index in [4.69, 9.17) is 0 Å². The van der Waals surface area contributed by atoms with Crippen molar-refractivity contribution in [3.8, 4) is 0 Å². The van der Waals surface area contributed by atoms with Crippen LogP contribution in [0.25, 0.3) is 0 Å². The normalized spacial score (nSPS) is 38.9. The van der Waals surface area contributed by atoms with Gasteiger partial charge in [0.1, 0.15) is 0 Å². The van der Waals surface area contributed by atoms with Crippen LogP contribution in [0.4, 0.5) is 0 Å². The Morgan fingerprint density at radius 3 is 3.10 bits per heavy atom. The fourth-order valence-corrected chi connectivity index (χ4v) is 3.78. The minimum absolute atomic E-state index is 0.348. The second-order valence-electron chi connectivity index (χ2n) is 2.58. The minimum Gasteiger partial charge on any atom is -0.330 e. The molecule has 4 heteroatoms. The molecule has 2 nitrogen and oxygen atoms in total. The van der Waals surface area contributed by atoms with Gasteiger partial charge in [0.2, 0.25) is 5.91 Å². The van der Waals surface area contributed by atoms with E-state index in [1.54, 1.807) is 0 Å². The van der Waals surface area contributed by atoms with Gasteiger partial charge in [-0.2, -0.15) is 0 Å². The maximum atomic E-state index is 10.9. The van der Waals surface area contributed by atoms with Crippen LogP contribution in [-0.4, -0.2) is 26.0 Å². The Bertz CT molecular complexity index is 175. The first-order valence-corrected chi connectivity index (χ1v) is 5.55. The molecule has 2 aliphatic rings. The van der Waals surface area contributed by atoms with Crippen LogP contribution in [0.5, 0.6) is 0 Å². The van der Waals surface area contributed by atoms with Gasteiger partial charge in [0.25, 0.3) is 0 Å². The minimum atomic E-state index is 0.348. The van der Waals surface area contributed by atoms with Gasteiger partial charge in [0, 0.05) is 6.54 Å². The lowest BCUT2D eigenvalue weighted by atomic mass is 10.2. The van der Waals surface area contributed by atoms with Gasteiger partial charge in [-0.15, -0.1) is 11.8 Å². The van der Waals surface area contributed by atoms with Gasteiger partial charge in [-0.05, 0) is 6.42 Å². The molecule has 0 N–H and O–H groups in total. The molecule has 2 saturated heterocycles. The highest BCUT2D eigenvalue weighted by molar-refractivity contribution is 14.1. The zero-order valence-electron chi connectivity index (χ0n) is 5.42. The van der Waals surface area contributed by atoms with Gasteiger partial charge in [0.05, 0.1) is 15.1 Å². The third kappa shape index (κ3) is 1.05. The van der Waals surface area contributed by atoms with Crippen LogP contribution in [0.15, 0.2) is 0 Å². The van der Waals surface area contributed by atoms with Crippen molar-refractivity contribution in [2.24, 2.45) is 0 Å². The van der Waals surface area contributed by atoms with Gasteiger partial charge in [-0.25, -0.2) is 0 Å². The largest absolute Gasteiger partial charge is 0.330 e. The molecule has 1 amide bonds. The number of hydrogen-bond donors (Lipinski definition) is 0. The highest BCUT2D eigenvalue weighted by Gasteiger charge is 2.40. The summed E-state index contributed by atoms with van der Waals surface area (Å²) < 4.78 is 0.729. The molecule has 0 spiro atoms. The van der Waals surface area contributed by atoms with Crippen LogP contribution in [0, 0.1) is 0 Å². The summed E-state index contributed by atoms with van der Waals surface area (Å²) in [6, 6.07) is 0. The van der Waals surface area contributed by atoms with Crippen molar-refractivity contribution in [3.63, 3.8) is 0 Å². The van der Waals surface area contributed by atoms with Gasteiger partial charge >= 0.3 is 0 Å². The molecule has 56 valence electrons. The molecule has 0 radical (unpaired) electrons. The molecule has 0 aromatic heterocycles. The third-order valence-electron chi connectivity index (χ3n) is 1.92. The molecular weight excluding hydrogens is 261 g/mol. The van der Waals surface area contributed by atoms with Gasteiger partial charge in [-0.1, -0.05) is 22.6 Å². The van der Waals surface area contributed by atoms with E-state index in [9.17, 15) is 4.79 Å². The molecule has 1 unspecified atom stereocenters. The number of carbonyl (C=O) groups is 1. The number of thioether (sulfide) groups is 1. The van der Waals surface area contributed by atoms with Gasteiger partial charge in [-0.3, -0.25) is 4.79 Å². The fourth-order valence-electron chi connectivity index (χ4n) is 1.29. The molecule has 2 rings (SSSR count). The average molecular weight is 269 g/mol. The lowest BCUT2D eigenvalue weighted by Gasteiger charge is -2.44. The summed E-state index contributed by atoms with van der Waals surface area (Å²) in [7, 11) is 0. The van der Waals surface area contributed by atoms with E-state index in [2.05, 4.69) is 22.6 Å². The topological polar surface area (TPSA) is 20.3 Å². The molecule has 0 bridgehead atoms. The monoisotopic (exact) mass is 269 g/mol. The SMILES string of the molecule is O=C1C[C@H]2SC(I)CCN12. The van der Waals surface area contributed by atoms with E-state index in [0.29, 0.717) is 11.3 Å². The van der Waals surface area contributed by atoms with E-state index < -0.39 is 0 Å². The van der Waals surface area contributed by atoms with Gasteiger partial charge < -0.3 is 4.90 Å². The van der Waals surface area contributed by atoms with Crippen molar-refractivity contribution < 1.29 is 4.79 Å². The smallest absolute Gasteiger partial charge is 0.226 e. The molecule has 0 aliphatic carbocycles. The molecule has 2 heterocycles. The van der Waals surface area contributed by atoms with Crippen molar-refractivity contribution in [3.05, 3.63) is 0 Å². The maximum absolute atomic E-state index is 10.9. The Labute approximate surface area is 77.9 Å². The lowest BCUT2D eigenvalue weighted by molar-refractivity contribution is -0.141. The quantitative estimate of drug-likeness (QED) is 0.377. The number of rotatable bonds is 0. The van der Waals surface area contributed by atoms with Crippen molar-refractivity contribution in [2.75, 3.05) is 6.54 Å². The maximum Gasteiger partial charge on any atom is 0.226 e. The van der Waals surface area contributed by atoms with Gasteiger partial charge in [0.15, 0.2) is 0 Å². The third-order valence-corrected chi connectivity index (χ3v) is 4.69. The number of alkyl halides is 1. The summed E-state index contributed by atoms with van der Waals surface area (Å²) >= 11 is 4.38. The van der Waals surface area contributed by atoms with Crippen LogP contribution in [0.2, 0.25) is 0 Å². The average Bonchev–Trinajstić information content (AvgIpc) is 1.86. The number of halogens is 1. The standard InChI is InChI=1S/C6H8INOS/c7-4-1-2-8-5(9)3-6(8)10-4/h4,6H,1-3H2/t4?,6-/m1/s1. The van der Waals surface area contributed by atoms with E-state index in [1.165, 1.54) is 0 Å². The van der Waals surface area contributed by atoms with E-state index in [-0.39, 0.29) is 0 Å². The predicted octanol–water partition coefficient (Wildman–Crippen LogP) is 1.44. The number of β-lactam (4-membered cyclic amide) rings is 1. The summed E-state index contributed by atoms with van der Waals surface area (Å²) in [5.41, 5.74) is 0. The van der Waals surface area contributed by atoms with Crippen LogP contribution in [0.1, 0.15) is 12.8 Å². The first-order valence-electron chi connectivity index (χ1n) is 3.36. The van der Waals surface area contributed by atoms with Crippen LogP contribution < -0.4 is 0 Å². The van der Waals surface area contributed by atoms with Crippen LogP contribution >= 0.6 is 34.4 Å². The van der Waals surface area contributed by atoms with E-state index in [1.807, 2.05) is 16.7 Å². The Hall–Kier alpha value is 0.550.